The maximum Gasteiger partial charge on any atom is 0.269 e. The van der Waals surface area contributed by atoms with Gasteiger partial charge in [0.25, 0.3) is 5.91 Å². The molecule has 1 saturated heterocycles. The van der Waals surface area contributed by atoms with Gasteiger partial charge in [-0.05, 0) is 25.0 Å². The number of pyridine rings is 1. The van der Waals surface area contributed by atoms with E-state index in [4.69, 9.17) is 0 Å². The largest absolute Gasteiger partial charge is 0.354 e. The van der Waals surface area contributed by atoms with Gasteiger partial charge in [0.2, 0.25) is 5.91 Å². The zero-order valence-corrected chi connectivity index (χ0v) is 11.3. The van der Waals surface area contributed by atoms with E-state index in [2.05, 4.69) is 10.3 Å². The van der Waals surface area contributed by atoms with Crippen molar-refractivity contribution in [1.82, 2.24) is 15.2 Å². The van der Waals surface area contributed by atoms with Gasteiger partial charge in [0.1, 0.15) is 5.69 Å². The Balaban J connectivity index is 2.26. The molecule has 2 rings (SSSR count). The molecule has 102 valence electrons. The second kappa shape index (κ2) is 5.82. The van der Waals surface area contributed by atoms with Crippen molar-refractivity contribution in [2.75, 3.05) is 13.6 Å². The van der Waals surface area contributed by atoms with Gasteiger partial charge in [-0.3, -0.25) is 9.59 Å². The van der Waals surface area contributed by atoms with Gasteiger partial charge in [0, 0.05) is 20.0 Å². The van der Waals surface area contributed by atoms with Crippen molar-refractivity contribution < 1.29 is 9.59 Å². The van der Waals surface area contributed by atoms with Gasteiger partial charge in [0.05, 0.1) is 11.7 Å². The summed E-state index contributed by atoms with van der Waals surface area (Å²) in [7, 11) is 1.58. The third-order valence-electron chi connectivity index (χ3n) is 3.45. The number of aromatic nitrogens is 1. The number of hydrogen-bond donors (Lipinski definition) is 1. The Labute approximate surface area is 113 Å². The minimum atomic E-state index is -0.201. The molecular formula is C14H19N3O2. The fourth-order valence-electron chi connectivity index (χ4n) is 2.47. The lowest BCUT2D eigenvalue weighted by Gasteiger charge is -2.24. The number of hydrogen-bond acceptors (Lipinski definition) is 3. The predicted octanol–water partition coefficient (Wildman–Crippen LogP) is 1.51. The second-order valence-electron chi connectivity index (χ2n) is 4.63. The third-order valence-corrected chi connectivity index (χ3v) is 3.45. The summed E-state index contributed by atoms with van der Waals surface area (Å²) in [5.74, 6) is -0.0529. The summed E-state index contributed by atoms with van der Waals surface area (Å²) in [6.45, 7) is 2.65. The van der Waals surface area contributed by atoms with E-state index in [1.165, 1.54) is 0 Å². The maximum absolute atomic E-state index is 11.9. The molecule has 0 bridgehead atoms. The molecule has 1 aromatic rings. The highest BCUT2D eigenvalue weighted by molar-refractivity contribution is 5.92. The van der Waals surface area contributed by atoms with Crippen molar-refractivity contribution in [2.24, 2.45) is 0 Å². The van der Waals surface area contributed by atoms with Crippen LogP contribution < -0.4 is 5.32 Å². The molecule has 2 heterocycles. The number of nitrogens with zero attached hydrogens (tertiary/aromatic N) is 2. The van der Waals surface area contributed by atoms with E-state index in [1.54, 1.807) is 13.1 Å². The minimum Gasteiger partial charge on any atom is -0.354 e. The number of nitrogens with one attached hydrogen (secondary N) is 1. The first-order valence-electron chi connectivity index (χ1n) is 6.66. The molecule has 0 spiro atoms. The Hall–Kier alpha value is -1.91. The molecule has 1 fully saturated rings. The average molecular weight is 261 g/mol. The van der Waals surface area contributed by atoms with Crippen LogP contribution >= 0.6 is 0 Å². The monoisotopic (exact) mass is 261 g/mol. The minimum absolute atomic E-state index is 0.0112. The molecule has 0 saturated carbocycles. The fourth-order valence-corrected chi connectivity index (χ4v) is 2.47. The zero-order chi connectivity index (χ0) is 13.8. The Kier molecular flexibility index (Phi) is 4.14. The molecule has 2 amide bonds. The van der Waals surface area contributed by atoms with Crippen molar-refractivity contribution in [3.63, 3.8) is 0 Å². The van der Waals surface area contributed by atoms with E-state index in [0.717, 1.165) is 25.1 Å². The number of likely N-dealkylation sites (tertiary alicyclic amines) is 1. The smallest absolute Gasteiger partial charge is 0.269 e. The van der Waals surface area contributed by atoms with E-state index in [1.807, 2.05) is 24.0 Å². The molecule has 1 N–H and O–H groups in total. The van der Waals surface area contributed by atoms with Crippen molar-refractivity contribution in [3.05, 3.63) is 29.6 Å². The molecule has 5 heteroatoms. The van der Waals surface area contributed by atoms with Crippen LogP contribution in [0.5, 0.6) is 0 Å². The van der Waals surface area contributed by atoms with E-state index in [-0.39, 0.29) is 17.9 Å². The SMILES string of the molecule is CCC(=O)N1CCC[C@H]1c1cccc(C(=O)NC)n1. The molecule has 1 atom stereocenters. The number of amides is 2. The molecule has 5 nitrogen and oxygen atoms in total. The van der Waals surface area contributed by atoms with Crippen LogP contribution in [0.25, 0.3) is 0 Å². The van der Waals surface area contributed by atoms with Crippen molar-refractivity contribution in [3.8, 4) is 0 Å². The van der Waals surface area contributed by atoms with Crippen LogP contribution in [0.3, 0.4) is 0 Å². The summed E-state index contributed by atoms with van der Waals surface area (Å²) < 4.78 is 0. The number of rotatable bonds is 3. The topological polar surface area (TPSA) is 62.3 Å². The van der Waals surface area contributed by atoms with Crippen molar-refractivity contribution in [2.45, 2.75) is 32.2 Å². The Morgan fingerprint density at radius 1 is 1.47 bits per heavy atom. The predicted molar refractivity (Wildman–Crippen MR) is 71.6 cm³/mol. The zero-order valence-electron chi connectivity index (χ0n) is 11.3. The van der Waals surface area contributed by atoms with Crippen LogP contribution in [0.15, 0.2) is 18.2 Å². The van der Waals surface area contributed by atoms with Gasteiger partial charge in [-0.1, -0.05) is 13.0 Å². The number of carbonyl (C=O) groups excluding carboxylic acids is 2. The molecular weight excluding hydrogens is 242 g/mol. The summed E-state index contributed by atoms with van der Waals surface area (Å²) in [6, 6.07) is 5.40. The van der Waals surface area contributed by atoms with E-state index in [0.29, 0.717) is 12.1 Å². The molecule has 19 heavy (non-hydrogen) atoms. The van der Waals surface area contributed by atoms with E-state index in [9.17, 15) is 9.59 Å². The molecule has 0 aromatic carbocycles. The molecule has 1 aliphatic rings. The summed E-state index contributed by atoms with van der Waals surface area (Å²) in [5.41, 5.74) is 1.20. The van der Waals surface area contributed by atoms with Gasteiger partial charge < -0.3 is 10.2 Å². The quantitative estimate of drug-likeness (QED) is 0.897. The Bertz CT molecular complexity index is 487. The number of carbonyl (C=O) groups is 2. The van der Waals surface area contributed by atoms with Crippen molar-refractivity contribution >= 4 is 11.8 Å². The lowest BCUT2D eigenvalue weighted by molar-refractivity contribution is -0.131. The fraction of sp³-hybridized carbons (Fsp3) is 0.500. The standard InChI is InChI=1S/C14H19N3O2/c1-3-13(18)17-9-5-8-12(17)10-6-4-7-11(16-10)14(19)15-2/h4,6-7,12H,3,5,8-9H2,1-2H3,(H,15,19)/t12-/m0/s1. The molecule has 1 aromatic heterocycles. The van der Waals surface area contributed by atoms with Crippen LogP contribution in [0, 0.1) is 0 Å². The van der Waals surface area contributed by atoms with Gasteiger partial charge in [-0.25, -0.2) is 4.98 Å². The van der Waals surface area contributed by atoms with Crippen LogP contribution in [-0.4, -0.2) is 35.3 Å². The Morgan fingerprint density at radius 2 is 2.26 bits per heavy atom. The second-order valence-corrected chi connectivity index (χ2v) is 4.63. The van der Waals surface area contributed by atoms with Crippen LogP contribution in [0.4, 0.5) is 0 Å². The first kappa shape index (κ1) is 13.5. The first-order chi connectivity index (χ1) is 9.17. The van der Waals surface area contributed by atoms with Crippen molar-refractivity contribution in [1.29, 1.82) is 0 Å². The maximum atomic E-state index is 11.9. The summed E-state index contributed by atoms with van der Waals surface area (Å²) >= 11 is 0. The van der Waals surface area contributed by atoms with Crippen LogP contribution in [0.1, 0.15) is 48.4 Å². The van der Waals surface area contributed by atoms with Gasteiger partial charge >= 0.3 is 0 Å². The highest BCUT2D eigenvalue weighted by atomic mass is 16.2. The normalized spacial score (nSPS) is 18.4. The van der Waals surface area contributed by atoms with Crippen LogP contribution in [0.2, 0.25) is 0 Å². The highest BCUT2D eigenvalue weighted by Gasteiger charge is 2.30. The lowest BCUT2D eigenvalue weighted by Crippen LogP contribution is -2.30. The lowest BCUT2D eigenvalue weighted by atomic mass is 10.1. The van der Waals surface area contributed by atoms with E-state index < -0.39 is 0 Å². The Morgan fingerprint density at radius 3 is 2.95 bits per heavy atom. The molecule has 0 aliphatic carbocycles. The van der Waals surface area contributed by atoms with Gasteiger partial charge in [-0.2, -0.15) is 0 Å². The third kappa shape index (κ3) is 2.75. The summed E-state index contributed by atoms with van der Waals surface area (Å²) in [6.07, 6.45) is 2.41. The first-order valence-corrected chi connectivity index (χ1v) is 6.66. The van der Waals surface area contributed by atoms with Gasteiger partial charge in [-0.15, -0.1) is 0 Å². The summed E-state index contributed by atoms with van der Waals surface area (Å²) in [5, 5.41) is 2.56. The summed E-state index contributed by atoms with van der Waals surface area (Å²) in [4.78, 5) is 29.7. The molecule has 0 radical (unpaired) electrons. The highest BCUT2D eigenvalue weighted by Crippen LogP contribution is 2.31. The van der Waals surface area contributed by atoms with E-state index >= 15 is 0 Å². The average Bonchev–Trinajstić information content (AvgIpc) is 2.95. The van der Waals surface area contributed by atoms with Gasteiger partial charge in [0.15, 0.2) is 0 Å². The molecule has 1 aliphatic heterocycles. The van der Waals surface area contributed by atoms with Crippen LogP contribution in [-0.2, 0) is 4.79 Å². The molecule has 0 unspecified atom stereocenters.